The topological polar surface area (TPSA) is 101 Å². The van der Waals surface area contributed by atoms with Crippen molar-refractivity contribution in [2.75, 3.05) is 18.4 Å². The first kappa shape index (κ1) is 20.9. The van der Waals surface area contributed by atoms with Crippen molar-refractivity contribution < 1.29 is 13.2 Å². The van der Waals surface area contributed by atoms with Gasteiger partial charge in [0.2, 0.25) is 10.0 Å². The van der Waals surface area contributed by atoms with Gasteiger partial charge in [-0.25, -0.2) is 13.1 Å². The Kier molecular flexibility index (Phi) is 7.19. The second-order valence-corrected chi connectivity index (χ2v) is 8.84. The van der Waals surface area contributed by atoms with Crippen LogP contribution in [-0.4, -0.2) is 27.4 Å². The maximum atomic E-state index is 12.5. The summed E-state index contributed by atoms with van der Waals surface area (Å²) in [7, 11) is -3.63. The maximum Gasteiger partial charge on any atom is 0.265 e. The second kappa shape index (κ2) is 8.96. The number of hydrogen-bond donors (Lipinski definition) is 3. The molecule has 9 heteroatoms. The van der Waals surface area contributed by atoms with Gasteiger partial charge in [-0.1, -0.05) is 6.07 Å². The first-order valence-electron chi connectivity index (χ1n) is 8.22. The summed E-state index contributed by atoms with van der Waals surface area (Å²) in [6, 6.07) is 8.17. The Labute approximate surface area is 163 Å². The number of hydrogen-bond acceptors (Lipinski definition) is 5. The number of benzene rings is 1. The molecule has 6 nitrogen and oxygen atoms in total. The Morgan fingerprint density at radius 2 is 1.96 bits per heavy atom. The number of rotatable bonds is 6. The van der Waals surface area contributed by atoms with Crippen LogP contribution in [0.1, 0.15) is 33.0 Å². The average molecular weight is 416 g/mol. The van der Waals surface area contributed by atoms with Gasteiger partial charge in [0, 0.05) is 23.7 Å². The average Bonchev–Trinajstić information content (AvgIpc) is 3.04. The first-order valence-corrected chi connectivity index (χ1v) is 10.5. The highest BCUT2D eigenvalue weighted by Gasteiger charge is 2.18. The molecule has 1 aliphatic carbocycles. The van der Waals surface area contributed by atoms with Crippen LogP contribution in [0.2, 0.25) is 0 Å². The van der Waals surface area contributed by atoms with Gasteiger partial charge in [-0.05, 0) is 55.5 Å². The molecule has 1 aromatic carbocycles. The number of anilines is 1. The Hall–Kier alpha value is -1.45. The van der Waals surface area contributed by atoms with E-state index in [2.05, 4.69) is 10.0 Å². The van der Waals surface area contributed by atoms with Crippen LogP contribution in [0.15, 0.2) is 35.2 Å². The van der Waals surface area contributed by atoms with E-state index < -0.39 is 10.0 Å². The SMILES string of the molecule is Cl.NCCNS(=O)(=O)c1cccc(NC(=O)c2cc3c(s2)CCCC3)c1. The fourth-order valence-corrected chi connectivity index (χ4v) is 5.05. The summed E-state index contributed by atoms with van der Waals surface area (Å²) in [6.07, 6.45) is 4.40. The third kappa shape index (κ3) is 4.83. The van der Waals surface area contributed by atoms with Crippen LogP contribution in [0, 0.1) is 0 Å². The van der Waals surface area contributed by atoms with Crippen LogP contribution in [0.25, 0.3) is 0 Å². The van der Waals surface area contributed by atoms with Crippen molar-refractivity contribution >= 4 is 45.4 Å². The third-order valence-electron chi connectivity index (χ3n) is 4.06. The smallest absolute Gasteiger partial charge is 0.265 e. The summed E-state index contributed by atoms with van der Waals surface area (Å²) in [5, 5.41) is 2.79. The van der Waals surface area contributed by atoms with Crippen LogP contribution < -0.4 is 15.8 Å². The van der Waals surface area contributed by atoms with Crippen LogP contribution in [-0.2, 0) is 22.9 Å². The molecule has 1 aliphatic rings. The Bertz CT molecular complexity index is 858. The van der Waals surface area contributed by atoms with Crippen molar-refractivity contribution in [3.8, 4) is 0 Å². The number of carbonyl (C=O) groups is 1. The predicted molar refractivity (Wildman–Crippen MR) is 107 cm³/mol. The summed E-state index contributed by atoms with van der Waals surface area (Å²) in [6.45, 7) is 0.387. The van der Waals surface area contributed by atoms with Crippen LogP contribution >= 0.6 is 23.7 Å². The second-order valence-electron chi connectivity index (χ2n) is 5.93. The molecule has 142 valence electrons. The van der Waals surface area contributed by atoms with Gasteiger partial charge in [0.15, 0.2) is 0 Å². The van der Waals surface area contributed by atoms with E-state index in [1.165, 1.54) is 46.8 Å². The molecule has 0 saturated heterocycles. The summed E-state index contributed by atoms with van der Waals surface area (Å²) in [4.78, 5) is 14.5. The van der Waals surface area contributed by atoms with Gasteiger partial charge in [0.25, 0.3) is 5.91 Å². The highest BCUT2D eigenvalue weighted by Crippen LogP contribution is 2.30. The van der Waals surface area contributed by atoms with Crippen molar-refractivity contribution in [1.82, 2.24) is 4.72 Å². The predicted octanol–water partition coefficient (Wildman–Crippen LogP) is 2.54. The highest BCUT2D eigenvalue weighted by atomic mass is 35.5. The van der Waals surface area contributed by atoms with Gasteiger partial charge in [-0.2, -0.15) is 0 Å². The lowest BCUT2D eigenvalue weighted by Crippen LogP contribution is -2.29. The van der Waals surface area contributed by atoms with Crippen molar-refractivity contribution in [2.45, 2.75) is 30.6 Å². The number of sulfonamides is 1. The van der Waals surface area contributed by atoms with E-state index in [1.54, 1.807) is 12.1 Å². The molecule has 1 heterocycles. The van der Waals surface area contributed by atoms with Crippen molar-refractivity contribution in [1.29, 1.82) is 0 Å². The van der Waals surface area contributed by atoms with Crippen LogP contribution in [0.5, 0.6) is 0 Å². The summed E-state index contributed by atoms with van der Waals surface area (Å²) >= 11 is 1.53. The van der Waals surface area contributed by atoms with Gasteiger partial charge in [0.1, 0.15) is 0 Å². The van der Waals surface area contributed by atoms with Gasteiger partial charge in [-0.3, -0.25) is 4.79 Å². The lowest BCUT2D eigenvalue weighted by Gasteiger charge is -2.08. The maximum absolute atomic E-state index is 12.5. The highest BCUT2D eigenvalue weighted by molar-refractivity contribution is 7.89. The molecule has 0 radical (unpaired) electrons. The molecular weight excluding hydrogens is 394 g/mol. The lowest BCUT2D eigenvalue weighted by atomic mass is 9.99. The zero-order chi connectivity index (χ0) is 17.9. The van der Waals surface area contributed by atoms with E-state index in [1.807, 2.05) is 6.07 Å². The Balaban J connectivity index is 0.00000243. The molecule has 0 saturated carbocycles. The number of nitrogens with one attached hydrogen (secondary N) is 2. The number of thiophene rings is 1. The number of nitrogens with two attached hydrogens (primary N) is 1. The molecule has 1 amide bonds. The molecular formula is C17H22ClN3O3S2. The summed E-state index contributed by atoms with van der Waals surface area (Å²) < 4.78 is 26.7. The molecule has 0 atom stereocenters. The molecule has 0 fully saturated rings. The molecule has 0 bridgehead atoms. The monoisotopic (exact) mass is 415 g/mol. The normalized spacial score (nSPS) is 13.6. The number of fused-ring (bicyclic) bond motifs is 1. The minimum Gasteiger partial charge on any atom is -0.329 e. The van der Waals surface area contributed by atoms with E-state index in [-0.39, 0.29) is 36.3 Å². The molecule has 1 aromatic heterocycles. The van der Waals surface area contributed by atoms with E-state index in [0.717, 1.165) is 12.8 Å². The minimum absolute atomic E-state index is 0. The molecule has 26 heavy (non-hydrogen) atoms. The van der Waals surface area contributed by atoms with E-state index in [0.29, 0.717) is 10.6 Å². The number of aryl methyl sites for hydroxylation is 2. The molecule has 2 aromatic rings. The van der Waals surface area contributed by atoms with Crippen molar-refractivity contribution in [3.05, 3.63) is 45.6 Å². The fraction of sp³-hybridized carbons (Fsp3) is 0.353. The van der Waals surface area contributed by atoms with Gasteiger partial charge in [0.05, 0.1) is 9.77 Å². The van der Waals surface area contributed by atoms with Gasteiger partial charge in [-0.15, -0.1) is 23.7 Å². The first-order chi connectivity index (χ1) is 12.0. The van der Waals surface area contributed by atoms with Crippen LogP contribution in [0.4, 0.5) is 5.69 Å². The largest absolute Gasteiger partial charge is 0.329 e. The number of amides is 1. The minimum atomic E-state index is -3.63. The summed E-state index contributed by atoms with van der Waals surface area (Å²) in [5.74, 6) is -0.205. The molecule has 4 N–H and O–H groups in total. The van der Waals surface area contributed by atoms with Gasteiger partial charge < -0.3 is 11.1 Å². The fourth-order valence-electron chi connectivity index (χ4n) is 2.81. The van der Waals surface area contributed by atoms with E-state index in [9.17, 15) is 13.2 Å². The standard InChI is InChI=1S/C17H21N3O3S2.ClH/c18-8-9-19-25(22,23)14-6-3-5-13(11-14)20-17(21)16-10-12-4-1-2-7-15(12)24-16;/h3,5-6,10-11,19H,1-2,4,7-9,18H2,(H,20,21);1H. The van der Waals surface area contributed by atoms with Crippen molar-refractivity contribution in [2.24, 2.45) is 5.73 Å². The zero-order valence-electron chi connectivity index (χ0n) is 14.2. The van der Waals surface area contributed by atoms with Crippen molar-refractivity contribution in [3.63, 3.8) is 0 Å². The molecule has 0 spiro atoms. The lowest BCUT2D eigenvalue weighted by molar-refractivity contribution is 0.103. The summed E-state index contributed by atoms with van der Waals surface area (Å²) in [5.41, 5.74) is 7.05. The Morgan fingerprint density at radius 1 is 1.19 bits per heavy atom. The van der Waals surface area contributed by atoms with Crippen LogP contribution in [0.3, 0.4) is 0 Å². The Morgan fingerprint density at radius 3 is 2.69 bits per heavy atom. The van der Waals surface area contributed by atoms with Gasteiger partial charge >= 0.3 is 0 Å². The number of halogens is 1. The number of carbonyl (C=O) groups excluding carboxylic acids is 1. The quantitative estimate of drug-likeness (QED) is 0.674. The molecule has 0 aliphatic heterocycles. The molecule has 0 unspecified atom stereocenters. The zero-order valence-corrected chi connectivity index (χ0v) is 16.6. The van der Waals surface area contributed by atoms with E-state index in [4.69, 9.17) is 5.73 Å². The third-order valence-corrected chi connectivity index (χ3v) is 6.75. The molecule has 3 rings (SSSR count). The van der Waals surface area contributed by atoms with E-state index >= 15 is 0 Å².